The highest BCUT2D eigenvalue weighted by Crippen LogP contribution is 2.07. The van der Waals surface area contributed by atoms with Crippen molar-refractivity contribution in [1.82, 2.24) is 15.2 Å². The van der Waals surface area contributed by atoms with Crippen LogP contribution < -0.4 is 5.32 Å². The zero-order chi connectivity index (χ0) is 9.80. The summed E-state index contributed by atoms with van der Waals surface area (Å²) in [4.78, 5) is 2.94. The number of aliphatic hydroxyl groups excluding tert-OH is 1. The van der Waals surface area contributed by atoms with Gasteiger partial charge in [0, 0.05) is 18.9 Å². The molecule has 0 atom stereocenters. The van der Waals surface area contributed by atoms with Crippen LogP contribution in [-0.2, 0) is 13.2 Å². The van der Waals surface area contributed by atoms with E-state index < -0.39 is 0 Å². The van der Waals surface area contributed by atoms with E-state index in [4.69, 9.17) is 9.52 Å². The molecule has 0 aliphatic rings. The second-order valence-electron chi connectivity index (χ2n) is 2.73. The first-order chi connectivity index (χ1) is 6.88. The molecule has 0 aliphatic carbocycles. The molecule has 0 aliphatic heterocycles. The lowest BCUT2D eigenvalue weighted by Gasteiger charge is -1.96. The summed E-state index contributed by atoms with van der Waals surface area (Å²) < 4.78 is 5.04. The predicted molar refractivity (Wildman–Crippen MR) is 48.3 cm³/mol. The van der Waals surface area contributed by atoms with Crippen molar-refractivity contribution >= 4 is 6.01 Å². The van der Waals surface area contributed by atoms with Crippen LogP contribution in [0.4, 0.5) is 6.01 Å². The van der Waals surface area contributed by atoms with Gasteiger partial charge in [-0.15, -0.1) is 5.10 Å². The Morgan fingerprint density at radius 3 is 3.07 bits per heavy atom. The maximum Gasteiger partial charge on any atom is 0.315 e. The van der Waals surface area contributed by atoms with E-state index in [0.29, 0.717) is 12.6 Å². The van der Waals surface area contributed by atoms with E-state index in [0.717, 1.165) is 5.56 Å². The quantitative estimate of drug-likeness (QED) is 0.659. The summed E-state index contributed by atoms with van der Waals surface area (Å²) in [5, 5.41) is 18.9. The molecule has 0 aromatic carbocycles. The zero-order valence-electron chi connectivity index (χ0n) is 7.40. The van der Waals surface area contributed by atoms with Crippen molar-refractivity contribution in [2.24, 2.45) is 0 Å². The Balaban J connectivity index is 1.92. The molecule has 0 unspecified atom stereocenters. The molecule has 6 nitrogen and oxygen atoms in total. The molecular formula is C8H10N4O2. The third kappa shape index (κ3) is 1.91. The van der Waals surface area contributed by atoms with Gasteiger partial charge in [-0.2, -0.15) is 0 Å². The minimum Gasteiger partial charge on any atom is -0.406 e. The van der Waals surface area contributed by atoms with Crippen molar-refractivity contribution in [3.63, 3.8) is 0 Å². The monoisotopic (exact) mass is 194 g/mol. The van der Waals surface area contributed by atoms with Gasteiger partial charge in [-0.25, -0.2) is 0 Å². The van der Waals surface area contributed by atoms with Crippen LogP contribution >= 0.6 is 0 Å². The van der Waals surface area contributed by atoms with Gasteiger partial charge in [0.25, 0.3) is 0 Å². The molecule has 0 amide bonds. The normalized spacial score (nSPS) is 10.4. The number of aromatic nitrogens is 3. The van der Waals surface area contributed by atoms with E-state index in [9.17, 15) is 0 Å². The van der Waals surface area contributed by atoms with E-state index in [1.54, 1.807) is 0 Å². The van der Waals surface area contributed by atoms with Crippen LogP contribution in [0.5, 0.6) is 0 Å². The molecule has 14 heavy (non-hydrogen) atoms. The number of H-pyrrole nitrogens is 1. The van der Waals surface area contributed by atoms with Crippen molar-refractivity contribution < 1.29 is 9.52 Å². The molecular weight excluding hydrogens is 184 g/mol. The number of nitrogens with zero attached hydrogens (tertiary/aromatic N) is 2. The highest BCUT2D eigenvalue weighted by atomic mass is 16.4. The molecule has 74 valence electrons. The summed E-state index contributed by atoms with van der Waals surface area (Å²) in [5.41, 5.74) is 1.09. The van der Waals surface area contributed by atoms with Gasteiger partial charge in [0.15, 0.2) is 0 Å². The van der Waals surface area contributed by atoms with E-state index >= 15 is 0 Å². The number of anilines is 1. The Morgan fingerprint density at radius 1 is 1.50 bits per heavy atom. The molecule has 2 aromatic rings. The smallest absolute Gasteiger partial charge is 0.315 e. The summed E-state index contributed by atoms with van der Waals surface area (Å²) in [5.74, 6) is 0.210. The average molecular weight is 194 g/mol. The third-order valence-electron chi connectivity index (χ3n) is 1.71. The summed E-state index contributed by atoms with van der Waals surface area (Å²) in [6.45, 7) is 0.370. The van der Waals surface area contributed by atoms with Crippen LogP contribution in [0.3, 0.4) is 0 Å². The Kier molecular flexibility index (Phi) is 2.46. The molecule has 2 aromatic heterocycles. The number of aromatic amines is 1. The Bertz CT molecular complexity index is 382. The van der Waals surface area contributed by atoms with Gasteiger partial charge in [-0.1, -0.05) is 5.10 Å². The molecule has 0 saturated heterocycles. The first kappa shape index (κ1) is 8.76. The Labute approximate surface area is 80.0 Å². The second-order valence-corrected chi connectivity index (χ2v) is 2.73. The van der Waals surface area contributed by atoms with Crippen molar-refractivity contribution in [1.29, 1.82) is 0 Å². The zero-order valence-corrected chi connectivity index (χ0v) is 7.40. The number of rotatable bonds is 4. The van der Waals surface area contributed by atoms with Crippen LogP contribution in [0.15, 0.2) is 22.9 Å². The fraction of sp³-hybridized carbons (Fsp3) is 0.250. The van der Waals surface area contributed by atoms with Gasteiger partial charge in [-0.05, 0) is 11.6 Å². The number of aliphatic hydroxyl groups is 1. The van der Waals surface area contributed by atoms with E-state index in [-0.39, 0.29) is 12.5 Å². The van der Waals surface area contributed by atoms with Gasteiger partial charge in [0.2, 0.25) is 5.89 Å². The fourth-order valence-electron chi connectivity index (χ4n) is 1.03. The topological polar surface area (TPSA) is 87.0 Å². The predicted octanol–water partition coefficient (Wildman–Crippen LogP) is 0.502. The average Bonchev–Trinajstić information content (AvgIpc) is 2.86. The lowest BCUT2D eigenvalue weighted by molar-refractivity contribution is 0.241. The summed E-state index contributed by atoms with van der Waals surface area (Å²) in [6.07, 6.45) is 3.71. The summed E-state index contributed by atoms with van der Waals surface area (Å²) in [7, 11) is 0. The molecule has 0 radical (unpaired) electrons. The van der Waals surface area contributed by atoms with Crippen LogP contribution in [0.2, 0.25) is 0 Å². The third-order valence-corrected chi connectivity index (χ3v) is 1.71. The minimum atomic E-state index is -0.237. The van der Waals surface area contributed by atoms with Crippen LogP contribution in [0.25, 0.3) is 0 Å². The standard InChI is InChI=1S/C8H10N4O2/c13-5-7-11-12-8(14-7)10-4-6-1-2-9-3-6/h1-3,9,13H,4-5H2,(H,10,12). The first-order valence-corrected chi connectivity index (χ1v) is 4.17. The highest BCUT2D eigenvalue weighted by molar-refractivity contribution is 5.21. The minimum absolute atomic E-state index is 0.210. The van der Waals surface area contributed by atoms with Gasteiger partial charge < -0.3 is 19.8 Å². The van der Waals surface area contributed by atoms with E-state index in [1.165, 1.54) is 0 Å². The number of hydrogen-bond acceptors (Lipinski definition) is 5. The van der Waals surface area contributed by atoms with Crippen LogP contribution in [0.1, 0.15) is 11.5 Å². The molecule has 0 spiro atoms. The van der Waals surface area contributed by atoms with E-state index in [2.05, 4.69) is 20.5 Å². The lowest BCUT2D eigenvalue weighted by atomic mass is 10.3. The summed E-state index contributed by atoms with van der Waals surface area (Å²) in [6, 6.07) is 2.26. The van der Waals surface area contributed by atoms with E-state index in [1.807, 2.05) is 18.5 Å². The number of nitrogens with one attached hydrogen (secondary N) is 2. The van der Waals surface area contributed by atoms with Crippen molar-refractivity contribution in [3.8, 4) is 0 Å². The van der Waals surface area contributed by atoms with Crippen molar-refractivity contribution in [3.05, 3.63) is 29.9 Å². The molecule has 2 heterocycles. The number of hydrogen-bond donors (Lipinski definition) is 3. The molecule has 0 saturated carbocycles. The van der Waals surface area contributed by atoms with Gasteiger partial charge in [0.1, 0.15) is 6.61 Å². The van der Waals surface area contributed by atoms with Gasteiger partial charge >= 0.3 is 6.01 Å². The fourth-order valence-corrected chi connectivity index (χ4v) is 1.03. The summed E-state index contributed by atoms with van der Waals surface area (Å²) >= 11 is 0. The maximum atomic E-state index is 8.67. The SMILES string of the molecule is OCc1nnc(NCc2cc[nH]c2)o1. The maximum absolute atomic E-state index is 8.67. The largest absolute Gasteiger partial charge is 0.406 e. The van der Waals surface area contributed by atoms with Crippen molar-refractivity contribution in [2.75, 3.05) is 5.32 Å². The Hall–Kier alpha value is -1.82. The van der Waals surface area contributed by atoms with Crippen LogP contribution in [-0.4, -0.2) is 20.3 Å². The van der Waals surface area contributed by atoms with Crippen molar-refractivity contribution in [2.45, 2.75) is 13.2 Å². The first-order valence-electron chi connectivity index (χ1n) is 4.17. The second kappa shape index (κ2) is 3.93. The molecule has 2 rings (SSSR count). The Morgan fingerprint density at radius 2 is 2.43 bits per heavy atom. The molecule has 0 bridgehead atoms. The highest BCUT2D eigenvalue weighted by Gasteiger charge is 2.03. The lowest BCUT2D eigenvalue weighted by Crippen LogP contribution is -1.97. The van der Waals surface area contributed by atoms with Gasteiger partial charge in [0.05, 0.1) is 0 Å². The molecule has 3 N–H and O–H groups in total. The van der Waals surface area contributed by atoms with Crippen LogP contribution in [0, 0.1) is 0 Å². The van der Waals surface area contributed by atoms with Gasteiger partial charge in [-0.3, -0.25) is 0 Å². The molecule has 6 heteroatoms. The molecule has 0 fully saturated rings.